The van der Waals surface area contributed by atoms with Crippen molar-refractivity contribution < 1.29 is 23.4 Å². The Morgan fingerprint density at radius 3 is 2.60 bits per heavy atom. The number of fused-ring (bicyclic) bond motifs is 1. The van der Waals surface area contributed by atoms with Crippen LogP contribution < -0.4 is 24.4 Å². The van der Waals surface area contributed by atoms with Gasteiger partial charge >= 0.3 is 5.97 Å². The van der Waals surface area contributed by atoms with E-state index in [9.17, 15) is 14.0 Å². The first kappa shape index (κ1) is 30.4. The quantitative estimate of drug-likeness (QED) is 0.203. The molecular formula is C33H30BrFN2O5S. The van der Waals surface area contributed by atoms with Gasteiger partial charge in [0.1, 0.15) is 30.0 Å². The molecule has 0 saturated heterocycles. The van der Waals surface area contributed by atoms with E-state index in [0.29, 0.717) is 43.2 Å². The number of aromatic nitrogens is 1. The number of carbonyl (C=O) groups is 1. The summed E-state index contributed by atoms with van der Waals surface area (Å²) in [5.41, 5.74) is 2.10. The molecule has 10 heteroatoms. The normalized spacial score (nSPS) is 14.9. The summed E-state index contributed by atoms with van der Waals surface area (Å²) in [7, 11) is 0. The van der Waals surface area contributed by atoms with Gasteiger partial charge in [-0.05, 0) is 64.1 Å². The molecule has 0 aliphatic carbocycles. The number of hydrogen-bond donors (Lipinski definition) is 0. The minimum Gasteiger partial charge on any atom is -0.491 e. The lowest BCUT2D eigenvalue weighted by molar-refractivity contribution is -0.139. The van der Waals surface area contributed by atoms with Crippen molar-refractivity contribution in [3.63, 3.8) is 0 Å². The molecule has 1 aliphatic heterocycles. The number of ether oxygens (including phenoxy) is 3. The monoisotopic (exact) mass is 664 g/mol. The summed E-state index contributed by atoms with van der Waals surface area (Å²) < 4.78 is 34.5. The molecule has 5 rings (SSSR count). The average Bonchev–Trinajstić information content (AvgIpc) is 3.26. The fourth-order valence-electron chi connectivity index (χ4n) is 4.83. The molecule has 0 bridgehead atoms. The Morgan fingerprint density at radius 2 is 1.86 bits per heavy atom. The van der Waals surface area contributed by atoms with E-state index in [4.69, 9.17) is 14.2 Å². The first-order chi connectivity index (χ1) is 20.7. The standard InChI is InChI=1S/C33H30BrFN2O5S/c1-5-40-32(39)29-20(4)36-33-37(30(29)24-11-7-9-13-27(24)42-19(2)3)31(38)28(43-33)17-22-16-23(34)14-15-26(22)41-18-21-10-6-8-12-25(21)35/h6-17,19,30H,5,18H2,1-4H3/b28-17+/t30-/m1/s1. The van der Waals surface area contributed by atoms with Gasteiger partial charge in [-0.3, -0.25) is 9.36 Å². The van der Waals surface area contributed by atoms with Gasteiger partial charge in [-0.1, -0.05) is 63.7 Å². The molecule has 3 aromatic carbocycles. The minimum atomic E-state index is -0.813. The Hall–Kier alpha value is -4.02. The van der Waals surface area contributed by atoms with Crippen LogP contribution >= 0.6 is 27.3 Å². The fourth-order valence-corrected chi connectivity index (χ4v) is 6.25. The van der Waals surface area contributed by atoms with Gasteiger partial charge in [-0.15, -0.1) is 0 Å². The molecule has 0 unspecified atom stereocenters. The van der Waals surface area contributed by atoms with Crippen molar-refractivity contribution in [2.24, 2.45) is 4.99 Å². The molecule has 0 spiro atoms. The van der Waals surface area contributed by atoms with Crippen LogP contribution in [0.15, 0.2) is 92.3 Å². The van der Waals surface area contributed by atoms with Crippen molar-refractivity contribution in [2.75, 3.05) is 6.61 Å². The lowest BCUT2D eigenvalue weighted by Crippen LogP contribution is -2.40. The van der Waals surface area contributed by atoms with E-state index >= 15 is 0 Å². The minimum absolute atomic E-state index is 0.0190. The second-order valence-corrected chi connectivity index (χ2v) is 12.0. The van der Waals surface area contributed by atoms with E-state index in [-0.39, 0.29) is 36.3 Å². The second kappa shape index (κ2) is 13.1. The number of halogens is 2. The van der Waals surface area contributed by atoms with Gasteiger partial charge in [0, 0.05) is 21.2 Å². The first-order valence-corrected chi connectivity index (χ1v) is 15.4. The third-order valence-corrected chi connectivity index (χ3v) is 8.17. The number of hydrogen-bond acceptors (Lipinski definition) is 7. The van der Waals surface area contributed by atoms with Crippen molar-refractivity contribution in [1.82, 2.24) is 4.57 Å². The zero-order valence-electron chi connectivity index (χ0n) is 24.1. The molecule has 0 radical (unpaired) electrons. The number of allylic oxidation sites excluding steroid dienone is 1. The summed E-state index contributed by atoms with van der Waals surface area (Å²) in [5, 5.41) is 0. The molecule has 1 aliphatic rings. The lowest BCUT2D eigenvalue weighted by Gasteiger charge is -2.26. The number of rotatable bonds is 9. The molecular weight excluding hydrogens is 635 g/mol. The molecule has 43 heavy (non-hydrogen) atoms. The molecule has 0 saturated carbocycles. The van der Waals surface area contributed by atoms with Crippen LogP contribution in [0.2, 0.25) is 0 Å². The first-order valence-electron chi connectivity index (χ1n) is 13.8. The largest absolute Gasteiger partial charge is 0.491 e. The Balaban J connectivity index is 1.66. The van der Waals surface area contributed by atoms with E-state index in [1.54, 1.807) is 44.2 Å². The molecule has 1 atom stereocenters. The Labute approximate surface area is 260 Å². The van der Waals surface area contributed by atoms with Crippen LogP contribution in [0.25, 0.3) is 6.08 Å². The predicted octanol–water partition coefficient (Wildman–Crippen LogP) is 6.07. The zero-order chi connectivity index (χ0) is 30.7. The summed E-state index contributed by atoms with van der Waals surface area (Å²) in [6, 6.07) is 18.4. The van der Waals surface area contributed by atoms with Crippen molar-refractivity contribution >= 4 is 39.3 Å². The number of carbonyl (C=O) groups excluding carboxylic acids is 1. The van der Waals surface area contributed by atoms with Crippen LogP contribution in [0.1, 0.15) is 50.4 Å². The fraction of sp³-hybridized carbons (Fsp3) is 0.242. The summed E-state index contributed by atoms with van der Waals surface area (Å²) in [6.45, 7) is 7.50. The summed E-state index contributed by atoms with van der Waals surface area (Å²) in [5.74, 6) is 0.138. The Kier molecular flexibility index (Phi) is 9.27. The zero-order valence-corrected chi connectivity index (χ0v) is 26.5. The highest BCUT2D eigenvalue weighted by Gasteiger charge is 2.35. The molecule has 2 heterocycles. The molecule has 0 amide bonds. The summed E-state index contributed by atoms with van der Waals surface area (Å²) in [4.78, 5) is 32.5. The third kappa shape index (κ3) is 6.50. The van der Waals surface area contributed by atoms with Crippen molar-refractivity contribution in [3.05, 3.63) is 125 Å². The van der Waals surface area contributed by atoms with E-state index in [1.165, 1.54) is 22.0 Å². The number of thiazole rings is 1. The van der Waals surface area contributed by atoms with E-state index < -0.39 is 12.0 Å². The maximum absolute atomic E-state index is 14.2. The molecule has 4 aromatic rings. The highest BCUT2D eigenvalue weighted by Crippen LogP contribution is 2.36. The van der Waals surface area contributed by atoms with E-state index in [0.717, 1.165) is 4.47 Å². The van der Waals surface area contributed by atoms with Gasteiger partial charge in [0.2, 0.25) is 0 Å². The summed E-state index contributed by atoms with van der Waals surface area (Å²) in [6.07, 6.45) is 1.59. The van der Waals surface area contributed by atoms with Crippen LogP contribution in [-0.2, 0) is 16.1 Å². The van der Waals surface area contributed by atoms with E-state index in [1.807, 2.05) is 50.2 Å². The Morgan fingerprint density at radius 1 is 1.12 bits per heavy atom. The predicted molar refractivity (Wildman–Crippen MR) is 167 cm³/mol. The van der Waals surface area contributed by atoms with Gasteiger partial charge in [0.15, 0.2) is 4.80 Å². The van der Waals surface area contributed by atoms with Gasteiger partial charge in [0.25, 0.3) is 5.56 Å². The summed E-state index contributed by atoms with van der Waals surface area (Å²) >= 11 is 4.71. The van der Waals surface area contributed by atoms with Crippen LogP contribution in [0, 0.1) is 5.82 Å². The highest BCUT2D eigenvalue weighted by molar-refractivity contribution is 9.10. The van der Waals surface area contributed by atoms with Crippen LogP contribution in [-0.4, -0.2) is 23.2 Å². The molecule has 1 aromatic heterocycles. The number of nitrogens with zero attached hydrogens (tertiary/aromatic N) is 2. The lowest BCUT2D eigenvalue weighted by atomic mass is 9.95. The average molecular weight is 666 g/mol. The highest BCUT2D eigenvalue weighted by atomic mass is 79.9. The maximum atomic E-state index is 14.2. The van der Waals surface area contributed by atoms with Crippen molar-refractivity contribution in [2.45, 2.75) is 46.4 Å². The molecule has 0 N–H and O–H groups in total. The van der Waals surface area contributed by atoms with Crippen LogP contribution in [0.5, 0.6) is 11.5 Å². The second-order valence-electron chi connectivity index (χ2n) is 10.1. The molecule has 222 valence electrons. The third-order valence-electron chi connectivity index (χ3n) is 6.69. The SMILES string of the molecule is CCOC(=O)C1=C(C)N=c2s/c(=C/c3cc(Br)ccc3OCc3ccccc3F)c(=O)n2[C@@H]1c1ccccc1OC(C)C. The van der Waals surface area contributed by atoms with E-state index in [2.05, 4.69) is 20.9 Å². The smallest absolute Gasteiger partial charge is 0.338 e. The van der Waals surface area contributed by atoms with Gasteiger partial charge in [0.05, 0.1) is 28.5 Å². The van der Waals surface area contributed by atoms with Crippen LogP contribution in [0.3, 0.4) is 0 Å². The van der Waals surface area contributed by atoms with Gasteiger partial charge in [-0.2, -0.15) is 0 Å². The Bertz CT molecular complexity index is 1900. The molecule has 0 fully saturated rings. The maximum Gasteiger partial charge on any atom is 0.338 e. The van der Waals surface area contributed by atoms with Crippen molar-refractivity contribution in [1.29, 1.82) is 0 Å². The van der Waals surface area contributed by atoms with Gasteiger partial charge < -0.3 is 14.2 Å². The van der Waals surface area contributed by atoms with Gasteiger partial charge in [-0.25, -0.2) is 14.2 Å². The topological polar surface area (TPSA) is 79.1 Å². The van der Waals surface area contributed by atoms with Crippen molar-refractivity contribution in [3.8, 4) is 11.5 Å². The number of esters is 1. The molecule has 7 nitrogen and oxygen atoms in total. The van der Waals surface area contributed by atoms with Crippen LogP contribution in [0.4, 0.5) is 4.39 Å². The number of para-hydroxylation sites is 1. The number of benzene rings is 3.